The first-order chi connectivity index (χ1) is 9.74. The molecule has 0 amide bonds. The Morgan fingerprint density at radius 1 is 1.33 bits per heavy atom. The van der Waals surface area contributed by atoms with Crippen LogP contribution in [0.3, 0.4) is 0 Å². The highest BCUT2D eigenvalue weighted by atomic mass is 19.1. The molecular weight excluding hydrogens is 271 g/mol. The molecule has 0 aliphatic heterocycles. The number of hydrogen-bond donors (Lipinski definition) is 1. The number of halogens is 1. The predicted octanol–water partition coefficient (Wildman–Crippen LogP) is 2.86. The van der Waals surface area contributed by atoms with Crippen LogP contribution in [0.25, 0.3) is 0 Å². The van der Waals surface area contributed by atoms with Crippen LogP contribution in [-0.2, 0) is 9.59 Å². The molecule has 3 atom stereocenters. The third-order valence-electron chi connectivity index (χ3n) is 4.61. The van der Waals surface area contributed by atoms with Gasteiger partial charge in [0.2, 0.25) is 0 Å². The quantitative estimate of drug-likeness (QED) is 0.872. The molecule has 1 fully saturated rings. The first kappa shape index (κ1) is 15.8. The number of carbonyl (C=O) groups is 2. The van der Waals surface area contributed by atoms with Crippen molar-refractivity contribution in [1.82, 2.24) is 0 Å². The van der Waals surface area contributed by atoms with E-state index in [0.29, 0.717) is 6.42 Å². The topological polar surface area (TPSA) is 54.4 Å². The van der Waals surface area contributed by atoms with Gasteiger partial charge >= 0.3 is 0 Å². The summed E-state index contributed by atoms with van der Waals surface area (Å²) in [6.45, 7) is 5.13. The van der Waals surface area contributed by atoms with Crippen molar-refractivity contribution in [2.75, 3.05) is 0 Å². The second-order valence-electron chi connectivity index (χ2n) is 6.35. The van der Waals surface area contributed by atoms with Gasteiger partial charge in [0.25, 0.3) is 0 Å². The minimum absolute atomic E-state index is 0.00656. The monoisotopic (exact) mass is 292 g/mol. The standard InChI is InChI=1S/C17H21FO3/c1-10(2)17(21)8-14(12-4-6-13(18)7-5-12)16(11(3)19)15(20)9-17/h4-7,10,14,16,21H,8-9H2,1-3H3. The Bertz CT molecular complexity index is 550. The Kier molecular flexibility index (Phi) is 4.28. The summed E-state index contributed by atoms with van der Waals surface area (Å²) in [5, 5.41) is 10.7. The summed E-state index contributed by atoms with van der Waals surface area (Å²) < 4.78 is 13.1. The third-order valence-corrected chi connectivity index (χ3v) is 4.61. The van der Waals surface area contributed by atoms with E-state index >= 15 is 0 Å². The third kappa shape index (κ3) is 3.05. The van der Waals surface area contributed by atoms with Gasteiger partial charge in [0, 0.05) is 12.3 Å². The van der Waals surface area contributed by atoms with Crippen molar-refractivity contribution in [2.24, 2.45) is 11.8 Å². The number of benzene rings is 1. The normalized spacial score (nSPS) is 29.7. The maximum absolute atomic E-state index is 13.1. The molecule has 1 aliphatic rings. The molecule has 1 saturated carbocycles. The SMILES string of the molecule is CC(=O)C1C(=O)CC(O)(C(C)C)CC1c1ccc(F)cc1. The van der Waals surface area contributed by atoms with Crippen molar-refractivity contribution in [3.8, 4) is 0 Å². The smallest absolute Gasteiger partial charge is 0.146 e. The minimum atomic E-state index is -1.11. The average molecular weight is 292 g/mol. The molecular formula is C17H21FO3. The lowest BCUT2D eigenvalue weighted by molar-refractivity contribution is -0.144. The Labute approximate surface area is 124 Å². The Morgan fingerprint density at radius 2 is 1.90 bits per heavy atom. The van der Waals surface area contributed by atoms with Gasteiger partial charge in [-0.2, -0.15) is 0 Å². The molecule has 1 aliphatic carbocycles. The number of carbonyl (C=O) groups excluding carboxylic acids is 2. The van der Waals surface area contributed by atoms with Crippen LogP contribution in [0, 0.1) is 17.7 Å². The van der Waals surface area contributed by atoms with Crippen molar-refractivity contribution in [3.63, 3.8) is 0 Å². The fraction of sp³-hybridized carbons (Fsp3) is 0.529. The average Bonchev–Trinajstić information content (AvgIpc) is 2.37. The van der Waals surface area contributed by atoms with Gasteiger partial charge in [0.05, 0.1) is 11.5 Å². The number of aliphatic hydroxyl groups is 1. The van der Waals surface area contributed by atoms with Gasteiger partial charge in [-0.15, -0.1) is 0 Å². The maximum atomic E-state index is 13.1. The predicted molar refractivity (Wildman–Crippen MR) is 77.3 cm³/mol. The number of rotatable bonds is 3. The molecule has 3 nitrogen and oxygen atoms in total. The van der Waals surface area contributed by atoms with Crippen LogP contribution >= 0.6 is 0 Å². The van der Waals surface area contributed by atoms with Gasteiger partial charge < -0.3 is 5.11 Å². The fourth-order valence-electron chi connectivity index (χ4n) is 3.18. The molecule has 0 spiro atoms. The summed E-state index contributed by atoms with van der Waals surface area (Å²) in [6, 6.07) is 5.82. The van der Waals surface area contributed by atoms with Crippen LogP contribution in [-0.4, -0.2) is 22.3 Å². The summed E-state index contributed by atoms with van der Waals surface area (Å²) in [5.41, 5.74) is -0.383. The molecule has 0 heterocycles. The molecule has 1 N–H and O–H groups in total. The first-order valence-electron chi connectivity index (χ1n) is 7.25. The molecule has 1 aromatic rings. The second kappa shape index (κ2) is 5.68. The van der Waals surface area contributed by atoms with Crippen molar-refractivity contribution in [1.29, 1.82) is 0 Å². The molecule has 0 radical (unpaired) electrons. The number of Topliss-reactive ketones (excluding diaryl/α,β-unsaturated/α-hetero) is 2. The van der Waals surface area contributed by atoms with Crippen LogP contribution in [0.5, 0.6) is 0 Å². The Hall–Kier alpha value is -1.55. The van der Waals surface area contributed by atoms with Gasteiger partial charge in [-0.3, -0.25) is 9.59 Å². The van der Waals surface area contributed by atoms with Crippen LogP contribution in [0.1, 0.15) is 45.1 Å². The van der Waals surface area contributed by atoms with Crippen LogP contribution in [0.4, 0.5) is 4.39 Å². The van der Waals surface area contributed by atoms with E-state index in [-0.39, 0.29) is 29.7 Å². The van der Waals surface area contributed by atoms with E-state index < -0.39 is 17.4 Å². The van der Waals surface area contributed by atoms with Gasteiger partial charge in [0.15, 0.2) is 0 Å². The van der Waals surface area contributed by atoms with Gasteiger partial charge in [-0.05, 0) is 37.0 Å². The van der Waals surface area contributed by atoms with Crippen molar-refractivity contribution < 1.29 is 19.1 Å². The second-order valence-corrected chi connectivity index (χ2v) is 6.35. The van der Waals surface area contributed by atoms with E-state index in [1.165, 1.54) is 19.1 Å². The summed E-state index contributed by atoms with van der Waals surface area (Å²) in [6.07, 6.45) is 0.346. The van der Waals surface area contributed by atoms with Crippen molar-refractivity contribution in [3.05, 3.63) is 35.6 Å². The van der Waals surface area contributed by atoms with Gasteiger partial charge in [0.1, 0.15) is 17.4 Å². The van der Waals surface area contributed by atoms with Crippen molar-refractivity contribution >= 4 is 11.6 Å². The molecule has 0 aromatic heterocycles. The Balaban J connectivity index is 2.43. The Morgan fingerprint density at radius 3 is 2.38 bits per heavy atom. The lowest BCUT2D eigenvalue weighted by Crippen LogP contribution is -2.48. The van der Waals surface area contributed by atoms with E-state index in [2.05, 4.69) is 0 Å². The molecule has 0 bridgehead atoms. The fourth-order valence-corrected chi connectivity index (χ4v) is 3.18. The van der Waals surface area contributed by atoms with E-state index in [1.807, 2.05) is 13.8 Å². The van der Waals surface area contributed by atoms with Gasteiger partial charge in [-0.1, -0.05) is 26.0 Å². The molecule has 0 saturated heterocycles. The first-order valence-corrected chi connectivity index (χ1v) is 7.25. The lowest BCUT2D eigenvalue weighted by Gasteiger charge is -2.42. The van der Waals surface area contributed by atoms with Crippen LogP contribution in [0.2, 0.25) is 0 Å². The van der Waals surface area contributed by atoms with E-state index in [0.717, 1.165) is 5.56 Å². The number of hydrogen-bond acceptors (Lipinski definition) is 3. The highest BCUT2D eigenvalue weighted by Gasteiger charge is 2.48. The molecule has 2 rings (SSSR count). The maximum Gasteiger partial charge on any atom is 0.146 e. The molecule has 3 unspecified atom stereocenters. The summed E-state index contributed by atoms with van der Waals surface area (Å²) >= 11 is 0. The van der Waals surface area contributed by atoms with E-state index in [1.54, 1.807) is 12.1 Å². The van der Waals surface area contributed by atoms with E-state index in [9.17, 15) is 19.1 Å². The lowest BCUT2D eigenvalue weighted by atomic mass is 9.64. The zero-order valence-corrected chi connectivity index (χ0v) is 12.6. The number of ketones is 2. The summed E-state index contributed by atoms with van der Waals surface area (Å²) in [5.74, 6) is -2.00. The van der Waals surface area contributed by atoms with Gasteiger partial charge in [-0.25, -0.2) is 4.39 Å². The zero-order valence-electron chi connectivity index (χ0n) is 12.6. The van der Waals surface area contributed by atoms with Crippen LogP contribution < -0.4 is 0 Å². The molecule has 21 heavy (non-hydrogen) atoms. The van der Waals surface area contributed by atoms with E-state index in [4.69, 9.17) is 0 Å². The molecule has 1 aromatic carbocycles. The van der Waals surface area contributed by atoms with Crippen LogP contribution in [0.15, 0.2) is 24.3 Å². The van der Waals surface area contributed by atoms with Crippen molar-refractivity contribution in [2.45, 2.75) is 45.1 Å². The summed E-state index contributed by atoms with van der Waals surface area (Å²) in [4.78, 5) is 24.2. The highest BCUT2D eigenvalue weighted by Crippen LogP contribution is 2.44. The molecule has 114 valence electrons. The highest BCUT2D eigenvalue weighted by molar-refractivity contribution is 6.03. The minimum Gasteiger partial charge on any atom is -0.389 e. The largest absolute Gasteiger partial charge is 0.389 e. The summed E-state index contributed by atoms with van der Waals surface area (Å²) in [7, 11) is 0. The zero-order chi connectivity index (χ0) is 15.8. The molecule has 4 heteroatoms.